The molecular weight excluding hydrogens is 274 g/mol. The van der Waals surface area contributed by atoms with E-state index in [1.54, 1.807) is 6.92 Å². The van der Waals surface area contributed by atoms with Crippen molar-refractivity contribution in [1.29, 1.82) is 0 Å². The molecule has 3 rings (SSSR count). The van der Waals surface area contributed by atoms with Crippen molar-refractivity contribution in [3.8, 4) is 11.3 Å². The van der Waals surface area contributed by atoms with Gasteiger partial charge in [0.15, 0.2) is 0 Å². The van der Waals surface area contributed by atoms with Crippen LogP contribution in [0.3, 0.4) is 0 Å². The second-order valence-corrected chi connectivity index (χ2v) is 5.15. The molecule has 0 saturated carbocycles. The van der Waals surface area contributed by atoms with Crippen LogP contribution in [-0.4, -0.2) is 17.6 Å². The smallest absolute Gasteiger partial charge is 0.338 e. The number of aromatic nitrogens is 1. The van der Waals surface area contributed by atoms with Gasteiger partial charge in [-0.1, -0.05) is 36.4 Å². The molecule has 0 aliphatic heterocycles. The van der Waals surface area contributed by atoms with E-state index in [2.05, 4.69) is 0 Å². The number of rotatable bonds is 3. The Morgan fingerprint density at radius 2 is 1.86 bits per heavy atom. The van der Waals surface area contributed by atoms with Gasteiger partial charge in [-0.2, -0.15) is 0 Å². The number of carbonyl (C=O) groups excluding carboxylic acids is 1. The van der Waals surface area contributed by atoms with Gasteiger partial charge in [-0.15, -0.1) is 0 Å². The van der Waals surface area contributed by atoms with Gasteiger partial charge >= 0.3 is 5.97 Å². The van der Waals surface area contributed by atoms with Gasteiger partial charge in [0.2, 0.25) is 0 Å². The molecule has 0 aliphatic carbocycles. The zero-order valence-corrected chi connectivity index (χ0v) is 12.7. The van der Waals surface area contributed by atoms with Crippen LogP contribution in [-0.2, 0) is 4.74 Å². The van der Waals surface area contributed by atoms with E-state index in [9.17, 15) is 4.79 Å². The number of aryl methyl sites for hydroxylation is 1. The molecule has 0 fully saturated rings. The summed E-state index contributed by atoms with van der Waals surface area (Å²) in [6.45, 7) is 4.15. The molecule has 0 radical (unpaired) electrons. The standard InChI is InChI=1S/C19H17NO2/c1-3-22-19(21)16-11-13(2)18-15(12-16)9-10-17(20-18)14-7-5-4-6-8-14/h4-12H,3H2,1-2H3. The molecule has 0 spiro atoms. The largest absolute Gasteiger partial charge is 0.462 e. The Morgan fingerprint density at radius 3 is 2.59 bits per heavy atom. The predicted molar refractivity (Wildman–Crippen MR) is 87.9 cm³/mol. The molecule has 0 atom stereocenters. The van der Waals surface area contributed by atoms with Gasteiger partial charge in [0, 0.05) is 10.9 Å². The maximum absolute atomic E-state index is 11.9. The van der Waals surface area contributed by atoms with Crippen LogP contribution < -0.4 is 0 Å². The summed E-state index contributed by atoms with van der Waals surface area (Å²) in [6.07, 6.45) is 0. The van der Waals surface area contributed by atoms with Crippen LogP contribution in [0.5, 0.6) is 0 Å². The highest BCUT2D eigenvalue weighted by Gasteiger charge is 2.11. The normalized spacial score (nSPS) is 10.6. The van der Waals surface area contributed by atoms with E-state index in [1.165, 1.54) is 0 Å². The first-order chi connectivity index (χ1) is 10.7. The van der Waals surface area contributed by atoms with Crippen LogP contribution in [0.4, 0.5) is 0 Å². The molecule has 1 heterocycles. The van der Waals surface area contributed by atoms with Crippen molar-refractivity contribution in [2.45, 2.75) is 13.8 Å². The molecule has 0 bridgehead atoms. The molecule has 3 aromatic rings. The Morgan fingerprint density at radius 1 is 1.09 bits per heavy atom. The summed E-state index contributed by atoms with van der Waals surface area (Å²) in [6, 6.07) is 17.7. The van der Waals surface area contributed by atoms with Crippen molar-refractivity contribution in [2.75, 3.05) is 6.61 Å². The minimum absolute atomic E-state index is 0.292. The zero-order chi connectivity index (χ0) is 15.5. The topological polar surface area (TPSA) is 39.2 Å². The zero-order valence-electron chi connectivity index (χ0n) is 12.7. The van der Waals surface area contributed by atoms with Gasteiger partial charge in [0.05, 0.1) is 23.4 Å². The van der Waals surface area contributed by atoms with Crippen LogP contribution in [0, 0.1) is 6.92 Å². The molecule has 3 nitrogen and oxygen atoms in total. The minimum atomic E-state index is -0.292. The van der Waals surface area contributed by atoms with E-state index in [1.807, 2.05) is 61.5 Å². The monoisotopic (exact) mass is 291 g/mol. The van der Waals surface area contributed by atoms with E-state index in [0.717, 1.165) is 27.7 Å². The molecule has 22 heavy (non-hydrogen) atoms. The van der Waals surface area contributed by atoms with Crippen molar-refractivity contribution in [2.24, 2.45) is 0 Å². The molecule has 0 aliphatic rings. The van der Waals surface area contributed by atoms with Crippen molar-refractivity contribution >= 4 is 16.9 Å². The summed E-state index contributed by atoms with van der Waals surface area (Å²) < 4.78 is 5.07. The average Bonchev–Trinajstić information content (AvgIpc) is 2.55. The summed E-state index contributed by atoms with van der Waals surface area (Å²) in [5.74, 6) is -0.292. The third kappa shape index (κ3) is 2.70. The van der Waals surface area contributed by atoms with Crippen LogP contribution in [0.25, 0.3) is 22.2 Å². The van der Waals surface area contributed by atoms with Gasteiger partial charge in [-0.05, 0) is 37.6 Å². The average molecular weight is 291 g/mol. The quantitative estimate of drug-likeness (QED) is 0.672. The number of benzene rings is 2. The lowest BCUT2D eigenvalue weighted by Crippen LogP contribution is -2.05. The lowest BCUT2D eigenvalue weighted by molar-refractivity contribution is 0.0526. The van der Waals surface area contributed by atoms with Crippen LogP contribution in [0.2, 0.25) is 0 Å². The SMILES string of the molecule is CCOC(=O)c1cc(C)c2nc(-c3ccccc3)ccc2c1. The van der Waals surface area contributed by atoms with Gasteiger partial charge in [0.1, 0.15) is 0 Å². The number of hydrogen-bond donors (Lipinski definition) is 0. The van der Waals surface area contributed by atoms with Crippen molar-refractivity contribution < 1.29 is 9.53 Å². The summed E-state index contributed by atoms with van der Waals surface area (Å²) in [7, 11) is 0. The molecule has 0 N–H and O–H groups in total. The third-order valence-electron chi connectivity index (χ3n) is 3.56. The number of carbonyl (C=O) groups is 1. The van der Waals surface area contributed by atoms with Crippen molar-refractivity contribution in [1.82, 2.24) is 4.98 Å². The van der Waals surface area contributed by atoms with E-state index in [0.29, 0.717) is 12.2 Å². The fraction of sp³-hybridized carbons (Fsp3) is 0.158. The number of fused-ring (bicyclic) bond motifs is 1. The first kappa shape index (κ1) is 14.3. The summed E-state index contributed by atoms with van der Waals surface area (Å²) >= 11 is 0. The summed E-state index contributed by atoms with van der Waals surface area (Å²) in [5.41, 5.74) is 4.47. The van der Waals surface area contributed by atoms with Gasteiger partial charge in [-0.3, -0.25) is 0 Å². The fourth-order valence-electron chi connectivity index (χ4n) is 2.52. The van der Waals surface area contributed by atoms with Crippen LogP contribution in [0.15, 0.2) is 54.6 Å². The molecule has 0 unspecified atom stereocenters. The Kier molecular flexibility index (Phi) is 3.88. The molecular formula is C19H17NO2. The Balaban J connectivity index is 2.09. The molecule has 110 valence electrons. The van der Waals surface area contributed by atoms with Gasteiger partial charge in [-0.25, -0.2) is 9.78 Å². The number of nitrogens with zero attached hydrogens (tertiary/aromatic N) is 1. The maximum atomic E-state index is 11.9. The summed E-state index contributed by atoms with van der Waals surface area (Å²) in [4.78, 5) is 16.6. The maximum Gasteiger partial charge on any atom is 0.338 e. The van der Waals surface area contributed by atoms with E-state index in [-0.39, 0.29) is 5.97 Å². The molecule has 3 heteroatoms. The van der Waals surface area contributed by atoms with Crippen LogP contribution >= 0.6 is 0 Å². The van der Waals surface area contributed by atoms with E-state index in [4.69, 9.17) is 9.72 Å². The highest BCUT2D eigenvalue weighted by Crippen LogP contribution is 2.24. The van der Waals surface area contributed by atoms with Crippen molar-refractivity contribution in [3.05, 3.63) is 65.7 Å². The molecule has 0 amide bonds. The van der Waals surface area contributed by atoms with Crippen LogP contribution in [0.1, 0.15) is 22.8 Å². The Labute approximate surface area is 129 Å². The molecule has 1 aromatic heterocycles. The lowest BCUT2D eigenvalue weighted by Gasteiger charge is -2.08. The second-order valence-electron chi connectivity index (χ2n) is 5.15. The highest BCUT2D eigenvalue weighted by atomic mass is 16.5. The highest BCUT2D eigenvalue weighted by molar-refractivity contribution is 5.96. The number of hydrogen-bond acceptors (Lipinski definition) is 3. The van der Waals surface area contributed by atoms with Crippen molar-refractivity contribution in [3.63, 3.8) is 0 Å². The van der Waals surface area contributed by atoms with E-state index >= 15 is 0 Å². The Hall–Kier alpha value is -2.68. The first-order valence-corrected chi connectivity index (χ1v) is 7.33. The Bertz CT molecular complexity index is 825. The van der Waals surface area contributed by atoms with Gasteiger partial charge in [0.25, 0.3) is 0 Å². The van der Waals surface area contributed by atoms with Gasteiger partial charge < -0.3 is 4.74 Å². The lowest BCUT2D eigenvalue weighted by atomic mass is 10.0. The number of esters is 1. The second kappa shape index (κ2) is 5.98. The minimum Gasteiger partial charge on any atom is -0.462 e. The number of ether oxygens (including phenoxy) is 1. The predicted octanol–water partition coefficient (Wildman–Crippen LogP) is 4.39. The fourth-order valence-corrected chi connectivity index (χ4v) is 2.52. The number of pyridine rings is 1. The molecule has 2 aromatic carbocycles. The first-order valence-electron chi connectivity index (χ1n) is 7.33. The van der Waals surface area contributed by atoms with E-state index < -0.39 is 0 Å². The third-order valence-corrected chi connectivity index (χ3v) is 3.56. The summed E-state index contributed by atoms with van der Waals surface area (Å²) in [5, 5.41) is 0.947. The molecule has 0 saturated heterocycles.